The Morgan fingerprint density at radius 1 is 1.44 bits per heavy atom. The number of hydrogen-bond donors (Lipinski definition) is 1. The standard InChI is InChI=1S/C12H15BrFNO2S/c1-12(2)7-18(16,17)6-11(15-12)9-5-8(13)3-4-10(9)14/h3-5,11,15H,6-7H2,1-2H3. The van der Waals surface area contributed by atoms with E-state index in [0.717, 1.165) is 4.47 Å². The lowest BCUT2D eigenvalue weighted by atomic mass is 10.0. The third-order valence-corrected chi connectivity index (χ3v) is 5.40. The molecule has 2 rings (SSSR count). The van der Waals surface area contributed by atoms with Gasteiger partial charge in [0.25, 0.3) is 0 Å². The van der Waals surface area contributed by atoms with E-state index < -0.39 is 21.4 Å². The maximum Gasteiger partial charge on any atom is 0.153 e. The molecule has 6 heteroatoms. The molecular formula is C12H15BrFNO2S. The summed E-state index contributed by atoms with van der Waals surface area (Å²) in [4.78, 5) is 0. The molecule has 3 nitrogen and oxygen atoms in total. The summed E-state index contributed by atoms with van der Waals surface area (Å²) in [5, 5.41) is 3.19. The lowest BCUT2D eigenvalue weighted by molar-refractivity contribution is 0.354. The molecule has 1 aliphatic rings. The summed E-state index contributed by atoms with van der Waals surface area (Å²) in [6.07, 6.45) is 0. The fourth-order valence-corrected chi connectivity index (χ4v) is 4.82. The number of nitrogens with one attached hydrogen (secondary N) is 1. The first-order chi connectivity index (χ1) is 8.19. The largest absolute Gasteiger partial charge is 0.303 e. The summed E-state index contributed by atoms with van der Waals surface area (Å²) in [6.45, 7) is 3.62. The molecule has 18 heavy (non-hydrogen) atoms. The van der Waals surface area contributed by atoms with E-state index in [9.17, 15) is 12.8 Å². The van der Waals surface area contributed by atoms with Crippen LogP contribution in [0.4, 0.5) is 4.39 Å². The van der Waals surface area contributed by atoms with Crippen LogP contribution in [0, 0.1) is 5.82 Å². The molecule has 1 fully saturated rings. The van der Waals surface area contributed by atoms with Crippen LogP contribution in [-0.2, 0) is 9.84 Å². The van der Waals surface area contributed by atoms with E-state index in [1.54, 1.807) is 12.1 Å². The number of hydrogen-bond acceptors (Lipinski definition) is 3. The molecule has 0 aromatic heterocycles. The highest BCUT2D eigenvalue weighted by atomic mass is 79.9. The Balaban J connectivity index is 2.41. The van der Waals surface area contributed by atoms with Crippen molar-refractivity contribution in [2.24, 2.45) is 0 Å². The first kappa shape index (κ1) is 14.0. The maximum absolute atomic E-state index is 13.8. The monoisotopic (exact) mass is 335 g/mol. The van der Waals surface area contributed by atoms with Crippen molar-refractivity contribution in [3.8, 4) is 0 Å². The van der Waals surface area contributed by atoms with Crippen molar-refractivity contribution < 1.29 is 12.8 Å². The fourth-order valence-electron chi connectivity index (χ4n) is 2.37. The fraction of sp³-hybridized carbons (Fsp3) is 0.500. The number of benzene rings is 1. The van der Waals surface area contributed by atoms with Crippen LogP contribution in [-0.4, -0.2) is 25.5 Å². The van der Waals surface area contributed by atoms with Crippen molar-refractivity contribution in [3.05, 3.63) is 34.1 Å². The molecule has 1 aliphatic heterocycles. The van der Waals surface area contributed by atoms with Crippen LogP contribution in [0.25, 0.3) is 0 Å². The second-order valence-corrected chi connectivity index (χ2v) is 8.33. The molecular weight excluding hydrogens is 321 g/mol. The normalized spacial score (nSPS) is 25.9. The van der Waals surface area contributed by atoms with Gasteiger partial charge >= 0.3 is 0 Å². The Hall–Kier alpha value is -0.460. The van der Waals surface area contributed by atoms with Gasteiger partial charge in [-0.05, 0) is 32.0 Å². The zero-order chi connectivity index (χ0) is 13.6. The Morgan fingerprint density at radius 2 is 2.11 bits per heavy atom. The van der Waals surface area contributed by atoms with Gasteiger partial charge in [0.1, 0.15) is 5.82 Å². The molecule has 0 spiro atoms. The van der Waals surface area contributed by atoms with Crippen LogP contribution in [0.15, 0.2) is 22.7 Å². The average molecular weight is 336 g/mol. The molecule has 1 N–H and O–H groups in total. The minimum atomic E-state index is -3.16. The predicted molar refractivity (Wildman–Crippen MR) is 72.7 cm³/mol. The predicted octanol–water partition coefficient (Wildman–Crippen LogP) is 2.43. The molecule has 0 amide bonds. The molecule has 1 unspecified atom stereocenters. The van der Waals surface area contributed by atoms with Crippen LogP contribution in [0.1, 0.15) is 25.5 Å². The molecule has 1 aromatic rings. The van der Waals surface area contributed by atoms with Gasteiger partial charge in [0.15, 0.2) is 9.84 Å². The van der Waals surface area contributed by atoms with Gasteiger partial charge < -0.3 is 5.32 Å². The van der Waals surface area contributed by atoms with E-state index in [2.05, 4.69) is 21.2 Å². The Labute approximate surface area is 115 Å². The SMILES string of the molecule is CC1(C)CS(=O)(=O)CC(c2cc(Br)ccc2F)N1. The molecule has 100 valence electrons. The zero-order valence-corrected chi connectivity index (χ0v) is 12.6. The highest BCUT2D eigenvalue weighted by Gasteiger charge is 2.37. The van der Waals surface area contributed by atoms with Crippen molar-refractivity contribution in [2.45, 2.75) is 25.4 Å². The summed E-state index contributed by atoms with van der Waals surface area (Å²) < 4.78 is 38.3. The van der Waals surface area contributed by atoms with Crippen molar-refractivity contribution in [3.63, 3.8) is 0 Å². The number of rotatable bonds is 1. The number of halogens is 2. The lowest BCUT2D eigenvalue weighted by Gasteiger charge is -2.37. The molecule has 0 radical (unpaired) electrons. The van der Waals surface area contributed by atoms with Gasteiger partial charge in [-0.3, -0.25) is 0 Å². The first-order valence-electron chi connectivity index (χ1n) is 5.62. The highest BCUT2D eigenvalue weighted by Crippen LogP contribution is 2.29. The van der Waals surface area contributed by atoms with Gasteiger partial charge in [-0.1, -0.05) is 15.9 Å². The minimum Gasteiger partial charge on any atom is -0.303 e. The summed E-state index contributed by atoms with van der Waals surface area (Å²) >= 11 is 3.28. The maximum atomic E-state index is 13.8. The first-order valence-corrected chi connectivity index (χ1v) is 8.23. The van der Waals surface area contributed by atoms with E-state index >= 15 is 0 Å². The van der Waals surface area contributed by atoms with Gasteiger partial charge in [0.05, 0.1) is 11.5 Å². The van der Waals surface area contributed by atoms with Crippen molar-refractivity contribution in [2.75, 3.05) is 11.5 Å². The van der Waals surface area contributed by atoms with Gasteiger partial charge in [-0.2, -0.15) is 0 Å². The Morgan fingerprint density at radius 3 is 2.72 bits per heavy atom. The van der Waals surface area contributed by atoms with E-state index in [1.165, 1.54) is 6.07 Å². The lowest BCUT2D eigenvalue weighted by Crippen LogP contribution is -2.54. The Bertz CT molecular complexity index is 571. The molecule has 0 aliphatic carbocycles. The third-order valence-electron chi connectivity index (χ3n) is 2.90. The minimum absolute atomic E-state index is 0.0657. The van der Waals surface area contributed by atoms with Crippen LogP contribution in [0.5, 0.6) is 0 Å². The van der Waals surface area contributed by atoms with Gasteiger partial charge in [-0.25, -0.2) is 12.8 Å². The van der Waals surface area contributed by atoms with E-state index in [0.29, 0.717) is 5.56 Å². The Kier molecular flexibility index (Phi) is 3.55. The highest BCUT2D eigenvalue weighted by molar-refractivity contribution is 9.10. The molecule has 0 bridgehead atoms. The molecule has 0 saturated carbocycles. The van der Waals surface area contributed by atoms with Gasteiger partial charge in [0.2, 0.25) is 0 Å². The van der Waals surface area contributed by atoms with E-state index in [-0.39, 0.29) is 17.3 Å². The van der Waals surface area contributed by atoms with Crippen molar-refractivity contribution in [1.29, 1.82) is 0 Å². The quantitative estimate of drug-likeness (QED) is 0.857. The van der Waals surface area contributed by atoms with Crippen LogP contribution in [0.2, 0.25) is 0 Å². The van der Waals surface area contributed by atoms with Crippen LogP contribution >= 0.6 is 15.9 Å². The summed E-state index contributed by atoms with van der Waals surface area (Å²) in [5.41, 5.74) is -0.156. The van der Waals surface area contributed by atoms with E-state index in [1.807, 2.05) is 13.8 Å². The van der Waals surface area contributed by atoms with Crippen molar-refractivity contribution >= 4 is 25.8 Å². The molecule has 1 aromatic carbocycles. The second kappa shape index (κ2) is 4.58. The second-order valence-electron chi connectivity index (χ2n) is 5.30. The summed E-state index contributed by atoms with van der Waals surface area (Å²) in [7, 11) is -3.16. The topological polar surface area (TPSA) is 46.2 Å². The molecule has 1 saturated heterocycles. The average Bonchev–Trinajstić information content (AvgIpc) is 2.17. The van der Waals surface area contributed by atoms with Crippen LogP contribution in [0.3, 0.4) is 0 Å². The zero-order valence-electron chi connectivity index (χ0n) is 10.2. The number of sulfone groups is 1. The molecule has 1 heterocycles. The molecule has 1 atom stereocenters. The summed E-state index contributed by atoms with van der Waals surface area (Å²) in [5.74, 6) is -0.376. The van der Waals surface area contributed by atoms with E-state index in [4.69, 9.17) is 0 Å². The van der Waals surface area contributed by atoms with Crippen molar-refractivity contribution in [1.82, 2.24) is 5.32 Å². The third kappa shape index (κ3) is 3.10. The summed E-state index contributed by atoms with van der Waals surface area (Å²) in [6, 6.07) is 4.07. The van der Waals surface area contributed by atoms with Gasteiger partial charge in [-0.15, -0.1) is 0 Å². The van der Waals surface area contributed by atoms with Crippen LogP contribution < -0.4 is 5.32 Å². The smallest absolute Gasteiger partial charge is 0.153 e. The van der Waals surface area contributed by atoms with Gasteiger partial charge in [0, 0.05) is 21.6 Å².